The maximum Gasteiger partial charge on any atom is 0.244 e. The maximum atomic E-state index is 6.01. The van der Waals surface area contributed by atoms with Gasteiger partial charge in [-0.1, -0.05) is 149 Å². The summed E-state index contributed by atoms with van der Waals surface area (Å²) in [5.74, 6) is 2.35. The van der Waals surface area contributed by atoms with Crippen LogP contribution in [0.4, 0.5) is 11.4 Å². The lowest BCUT2D eigenvalue weighted by atomic mass is 9.84. The third kappa shape index (κ3) is 7.81. The molecule has 0 aromatic heterocycles. The molecule has 0 bridgehead atoms. The molecule has 0 saturated carbocycles. The van der Waals surface area contributed by atoms with Crippen molar-refractivity contribution in [3.63, 3.8) is 0 Å². The molecule has 1 aliphatic rings. The Balaban J connectivity index is 0.00000497. The average Bonchev–Trinajstić information content (AvgIpc) is 3.72. The molecule has 0 saturated heterocycles. The van der Waals surface area contributed by atoms with Crippen LogP contribution in [0.15, 0.2) is 146 Å². The molecule has 4 nitrogen and oxygen atoms in total. The first kappa shape index (κ1) is 38.4. The first-order valence-electron chi connectivity index (χ1n) is 18.9. The van der Waals surface area contributed by atoms with Gasteiger partial charge in [-0.3, -0.25) is 0 Å². The second kappa shape index (κ2) is 17.2. The number of nitrogens with zero attached hydrogens (tertiary/aromatic N) is 2. The van der Waals surface area contributed by atoms with Gasteiger partial charge < -0.3 is 21.9 Å². The van der Waals surface area contributed by atoms with Crippen molar-refractivity contribution in [3.05, 3.63) is 190 Å². The summed E-state index contributed by atoms with van der Waals surface area (Å²) < 4.78 is 14.5. The van der Waals surface area contributed by atoms with E-state index < -0.39 is 0 Å². The Labute approximate surface area is 328 Å². The average molecular weight is 735 g/mol. The number of halogens is 1. The van der Waals surface area contributed by atoms with Crippen molar-refractivity contribution in [2.24, 2.45) is 0 Å². The minimum atomic E-state index is 0. The van der Waals surface area contributed by atoms with Gasteiger partial charge in [0.25, 0.3) is 0 Å². The molecule has 0 fully saturated rings. The highest BCUT2D eigenvalue weighted by molar-refractivity contribution is 5.84. The molecule has 4 atom stereocenters. The van der Waals surface area contributed by atoms with Gasteiger partial charge in [0.2, 0.25) is 6.34 Å². The van der Waals surface area contributed by atoms with Gasteiger partial charge in [0, 0.05) is 45.9 Å². The fourth-order valence-electron chi connectivity index (χ4n) is 8.05. The second-order valence-electron chi connectivity index (χ2n) is 14.3. The van der Waals surface area contributed by atoms with Crippen molar-refractivity contribution in [1.82, 2.24) is 0 Å². The van der Waals surface area contributed by atoms with E-state index in [1.807, 2.05) is 0 Å². The number of ether oxygens (including phenoxy) is 2. The van der Waals surface area contributed by atoms with Crippen molar-refractivity contribution in [2.75, 3.05) is 32.2 Å². The Kier molecular flexibility index (Phi) is 12.2. The Hall–Kier alpha value is -5.32. The smallest absolute Gasteiger partial charge is 0.244 e. The molecule has 0 spiro atoms. The zero-order valence-electron chi connectivity index (χ0n) is 32.2. The van der Waals surface area contributed by atoms with Crippen LogP contribution in [0.25, 0.3) is 0 Å². The van der Waals surface area contributed by atoms with Crippen LogP contribution >= 0.6 is 0 Å². The van der Waals surface area contributed by atoms with Crippen LogP contribution in [0.3, 0.4) is 0 Å². The standard InChI is InChI=1S/C49H51N2O2.ClH/c1-34(38-19-11-7-12-20-38)44-29-42(52-5)30-45(35(2)39-21-13-8-14-22-39)48(44)50-27-28-51(33-50)49-46(36(3)40-23-15-9-16-24-40)31-43(53-6)32-47(49)37(4)41-25-17-10-18-26-41;/h7-26,29-37H,27-28H2,1-6H3;1H/q+1;/p-1. The highest BCUT2D eigenvalue weighted by Crippen LogP contribution is 2.45. The van der Waals surface area contributed by atoms with E-state index in [1.165, 1.54) is 55.9 Å². The fourth-order valence-corrected chi connectivity index (χ4v) is 8.05. The van der Waals surface area contributed by atoms with Gasteiger partial charge in [0.15, 0.2) is 0 Å². The molecule has 6 aromatic rings. The van der Waals surface area contributed by atoms with E-state index in [4.69, 9.17) is 9.47 Å². The molecule has 4 unspecified atom stereocenters. The van der Waals surface area contributed by atoms with E-state index in [-0.39, 0.29) is 36.1 Å². The van der Waals surface area contributed by atoms with Crippen molar-refractivity contribution in [1.29, 1.82) is 0 Å². The topological polar surface area (TPSA) is 24.7 Å². The van der Waals surface area contributed by atoms with Crippen molar-refractivity contribution in [3.8, 4) is 11.5 Å². The van der Waals surface area contributed by atoms with Gasteiger partial charge in [-0.15, -0.1) is 0 Å². The summed E-state index contributed by atoms with van der Waals surface area (Å²) in [7, 11) is 3.56. The predicted molar refractivity (Wildman–Crippen MR) is 220 cm³/mol. The number of rotatable bonds is 12. The van der Waals surface area contributed by atoms with Gasteiger partial charge in [-0.25, -0.2) is 9.48 Å². The number of benzene rings is 6. The third-order valence-electron chi connectivity index (χ3n) is 11.3. The molecule has 0 amide bonds. The zero-order chi connectivity index (χ0) is 36.9. The van der Waals surface area contributed by atoms with Gasteiger partial charge >= 0.3 is 0 Å². The molecular weight excluding hydrogens is 684 g/mol. The fraction of sp³-hybridized carbons (Fsp3) is 0.245. The molecule has 0 N–H and O–H groups in total. The lowest BCUT2D eigenvalue weighted by molar-refractivity contribution is -0.425. The molecule has 0 aliphatic carbocycles. The van der Waals surface area contributed by atoms with Crippen molar-refractivity contribution in [2.45, 2.75) is 51.4 Å². The van der Waals surface area contributed by atoms with Crippen LogP contribution in [0.5, 0.6) is 11.5 Å². The van der Waals surface area contributed by atoms with Gasteiger partial charge in [0.1, 0.15) is 36.0 Å². The summed E-state index contributed by atoms with van der Waals surface area (Å²) >= 11 is 0. The van der Waals surface area contributed by atoms with E-state index >= 15 is 0 Å². The third-order valence-corrected chi connectivity index (χ3v) is 11.3. The second-order valence-corrected chi connectivity index (χ2v) is 14.3. The van der Waals surface area contributed by atoms with E-state index in [9.17, 15) is 0 Å². The summed E-state index contributed by atoms with van der Waals surface area (Å²) in [5, 5.41) is 0. The lowest BCUT2D eigenvalue weighted by Gasteiger charge is -2.25. The Bertz CT molecular complexity index is 2040. The molecular formula is C49H51ClN2O2. The zero-order valence-corrected chi connectivity index (χ0v) is 33.0. The van der Waals surface area contributed by atoms with E-state index in [1.54, 1.807) is 14.2 Å². The monoisotopic (exact) mass is 734 g/mol. The van der Waals surface area contributed by atoms with Gasteiger partial charge in [-0.2, -0.15) is 0 Å². The Morgan fingerprint density at radius 1 is 0.481 bits per heavy atom. The van der Waals surface area contributed by atoms with Crippen molar-refractivity contribution >= 4 is 17.7 Å². The molecule has 276 valence electrons. The van der Waals surface area contributed by atoms with E-state index in [0.717, 1.165) is 24.6 Å². The molecule has 6 aromatic carbocycles. The molecule has 54 heavy (non-hydrogen) atoms. The molecule has 5 heteroatoms. The normalized spacial score (nSPS) is 14.7. The van der Waals surface area contributed by atoms with Crippen LogP contribution in [0.2, 0.25) is 0 Å². The van der Waals surface area contributed by atoms with Gasteiger partial charge in [0.05, 0.1) is 14.2 Å². The molecule has 0 radical (unpaired) electrons. The summed E-state index contributed by atoms with van der Waals surface area (Å²) in [4.78, 5) is 2.50. The van der Waals surface area contributed by atoms with Crippen molar-refractivity contribution < 1.29 is 26.5 Å². The maximum absolute atomic E-state index is 6.01. The predicted octanol–water partition coefficient (Wildman–Crippen LogP) is 8.51. The highest BCUT2D eigenvalue weighted by Gasteiger charge is 2.35. The molecule has 1 aliphatic heterocycles. The summed E-state index contributed by atoms with van der Waals surface area (Å²) in [5.41, 5.74) is 12.7. The van der Waals surface area contributed by atoms with E-state index in [2.05, 4.69) is 189 Å². The van der Waals surface area contributed by atoms with Gasteiger partial charge in [-0.05, 0) is 46.5 Å². The Morgan fingerprint density at radius 3 is 1.13 bits per heavy atom. The first-order chi connectivity index (χ1) is 25.9. The number of anilines is 1. The summed E-state index contributed by atoms with van der Waals surface area (Å²) in [6.45, 7) is 11.0. The largest absolute Gasteiger partial charge is 1.00 e. The van der Waals surface area contributed by atoms with Crippen LogP contribution in [-0.2, 0) is 0 Å². The molecule has 7 rings (SSSR count). The minimum Gasteiger partial charge on any atom is -1.00 e. The van der Waals surface area contributed by atoms with Crippen LogP contribution in [0.1, 0.15) is 95.9 Å². The summed E-state index contributed by atoms with van der Waals surface area (Å²) in [6, 6.07) is 52.4. The molecule has 1 heterocycles. The summed E-state index contributed by atoms with van der Waals surface area (Å²) in [6.07, 6.45) is 2.37. The van der Waals surface area contributed by atoms with E-state index in [0.29, 0.717) is 0 Å². The van der Waals surface area contributed by atoms with Crippen LogP contribution < -0.4 is 26.8 Å². The Morgan fingerprint density at radius 2 is 0.796 bits per heavy atom. The van der Waals surface area contributed by atoms with Crippen LogP contribution in [0, 0.1) is 0 Å². The number of hydrogen-bond donors (Lipinski definition) is 0. The SMILES string of the molecule is COc1cc(C(C)c2ccccc2)c(N2C=[N+](c3c(C(C)c4ccccc4)cc(OC)cc3C(C)c3ccccc3)CC2)c(C(C)c2ccccc2)c1.[Cl-]. The number of hydrogen-bond acceptors (Lipinski definition) is 3. The van der Waals surface area contributed by atoms with Crippen LogP contribution in [-0.4, -0.2) is 38.2 Å². The lowest BCUT2D eigenvalue weighted by Crippen LogP contribution is -3.00. The first-order valence-corrected chi connectivity index (χ1v) is 18.9. The highest BCUT2D eigenvalue weighted by atomic mass is 35.5. The number of methoxy groups -OCH3 is 2. The minimum absolute atomic E-state index is 0. The quantitative estimate of drug-likeness (QED) is 0.118.